The van der Waals surface area contributed by atoms with E-state index >= 15 is 0 Å². The Balaban J connectivity index is 0.00000288. The quantitative estimate of drug-likeness (QED) is 0.748. The van der Waals surface area contributed by atoms with Crippen molar-refractivity contribution in [1.29, 1.82) is 0 Å². The molecule has 0 radical (unpaired) electrons. The van der Waals surface area contributed by atoms with Crippen LogP contribution < -0.4 is 11.1 Å². The highest BCUT2D eigenvalue weighted by molar-refractivity contribution is 5.85. The SMILES string of the molecule is CC(C)C[C@H](N)C(=O)NCC(c1ccccc1)N1CCOCC1.Cl.Cl. The summed E-state index contributed by atoms with van der Waals surface area (Å²) in [5.41, 5.74) is 7.19. The molecular formula is C18H31Cl2N3O2. The minimum Gasteiger partial charge on any atom is -0.379 e. The number of nitrogens with one attached hydrogen (secondary N) is 1. The van der Waals surface area contributed by atoms with Crippen molar-refractivity contribution in [3.05, 3.63) is 35.9 Å². The van der Waals surface area contributed by atoms with Crippen molar-refractivity contribution in [2.75, 3.05) is 32.8 Å². The number of carbonyl (C=O) groups is 1. The van der Waals surface area contributed by atoms with Gasteiger partial charge in [-0.15, -0.1) is 24.8 Å². The van der Waals surface area contributed by atoms with Gasteiger partial charge in [-0.3, -0.25) is 9.69 Å². The van der Waals surface area contributed by atoms with E-state index in [-0.39, 0.29) is 36.8 Å². The number of rotatable bonds is 7. The summed E-state index contributed by atoms with van der Waals surface area (Å²) in [5.74, 6) is 0.354. The highest BCUT2D eigenvalue weighted by Crippen LogP contribution is 2.21. The van der Waals surface area contributed by atoms with E-state index in [4.69, 9.17) is 10.5 Å². The number of nitrogens with two attached hydrogens (primary N) is 1. The third-order valence-electron chi connectivity index (χ3n) is 4.20. The number of ether oxygens (including phenoxy) is 1. The monoisotopic (exact) mass is 391 g/mol. The average molecular weight is 392 g/mol. The minimum atomic E-state index is -0.434. The topological polar surface area (TPSA) is 67.6 Å². The fraction of sp³-hybridized carbons (Fsp3) is 0.611. The van der Waals surface area contributed by atoms with Gasteiger partial charge in [0, 0.05) is 19.6 Å². The summed E-state index contributed by atoms with van der Waals surface area (Å²) in [4.78, 5) is 14.6. The molecule has 0 aliphatic carbocycles. The van der Waals surface area contributed by atoms with Gasteiger partial charge < -0.3 is 15.8 Å². The second kappa shape index (κ2) is 12.5. The lowest BCUT2D eigenvalue weighted by Crippen LogP contribution is -2.47. The zero-order valence-electron chi connectivity index (χ0n) is 15.0. The molecule has 1 aromatic rings. The summed E-state index contributed by atoms with van der Waals surface area (Å²) >= 11 is 0. The van der Waals surface area contributed by atoms with Crippen molar-refractivity contribution in [1.82, 2.24) is 10.2 Å². The van der Waals surface area contributed by atoms with Crippen molar-refractivity contribution >= 4 is 30.7 Å². The molecule has 1 aromatic carbocycles. The van der Waals surface area contributed by atoms with Crippen molar-refractivity contribution in [2.24, 2.45) is 11.7 Å². The average Bonchev–Trinajstić information content (AvgIpc) is 2.56. The van der Waals surface area contributed by atoms with Gasteiger partial charge in [0.2, 0.25) is 5.91 Å². The van der Waals surface area contributed by atoms with Crippen molar-refractivity contribution in [2.45, 2.75) is 32.4 Å². The normalized spacial score (nSPS) is 17.1. The van der Waals surface area contributed by atoms with Gasteiger partial charge in [-0.25, -0.2) is 0 Å². The second-order valence-electron chi connectivity index (χ2n) is 6.56. The lowest BCUT2D eigenvalue weighted by molar-refractivity contribution is -0.123. The Kier molecular flexibility index (Phi) is 12.1. The molecule has 1 unspecified atom stereocenters. The molecule has 3 N–H and O–H groups in total. The Morgan fingerprint density at radius 3 is 2.36 bits per heavy atom. The molecule has 25 heavy (non-hydrogen) atoms. The van der Waals surface area contributed by atoms with Crippen LogP contribution in [0.2, 0.25) is 0 Å². The van der Waals surface area contributed by atoms with Gasteiger partial charge in [0.1, 0.15) is 0 Å². The number of carbonyl (C=O) groups excluding carboxylic acids is 1. The number of benzene rings is 1. The first-order valence-corrected chi connectivity index (χ1v) is 8.48. The number of hydrogen-bond donors (Lipinski definition) is 2. The number of nitrogens with zero attached hydrogens (tertiary/aromatic N) is 1. The van der Waals surface area contributed by atoms with E-state index in [1.165, 1.54) is 5.56 Å². The number of halogens is 2. The predicted octanol–water partition coefficient (Wildman–Crippen LogP) is 2.39. The van der Waals surface area contributed by atoms with Crippen LogP contribution in [0.3, 0.4) is 0 Å². The Labute approximate surface area is 163 Å². The first-order valence-electron chi connectivity index (χ1n) is 8.48. The van der Waals surface area contributed by atoms with Crippen LogP contribution >= 0.6 is 24.8 Å². The van der Waals surface area contributed by atoms with Crippen LogP contribution in [0, 0.1) is 5.92 Å². The Morgan fingerprint density at radius 2 is 1.80 bits per heavy atom. The van der Waals surface area contributed by atoms with E-state index in [0.29, 0.717) is 18.9 Å². The summed E-state index contributed by atoms with van der Waals surface area (Å²) in [7, 11) is 0. The molecule has 1 heterocycles. The first-order chi connectivity index (χ1) is 11.1. The lowest BCUT2D eigenvalue weighted by atomic mass is 10.0. The first kappa shape index (κ1) is 24.1. The van der Waals surface area contributed by atoms with Gasteiger partial charge in [0.05, 0.1) is 25.3 Å². The van der Waals surface area contributed by atoms with Crippen LogP contribution in [-0.2, 0) is 9.53 Å². The van der Waals surface area contributed by atoms with Gasteiger partial charge in [0.25, 0.3) is 0 Å². The maximum absolute atomic E-state index is 12.2. The smallest absolute Gasteiger partial charge is 0.236 e. The van der Waals surface area contributed by atoms with E-state index < -0.39 is 6.04 Å². The van der Waals surface area contributed by atoms with Gasteiger partial charge in [-0.2, -0.15) is 0 Å². The molecule has 0 spiro atoms. The molecule has 1 amide bonds. The van der Waals surface area contributed by atoms with E-state index in [9.17, 15) is 4.79 Å². The van der Waals surface area contributed by atoms with Crippen molar-refractivity contribution < 1.29 is 9.53 Å². The van der Waals surface area contributed by atoms with E-state index in [2.05, 4.69) is 36.2 Å². The van der Waals surface area contributed by atoms with Crippen LogP contribution in [0.4, 0.5) is 0 Å². The van der Waals surface area contributed by atoms with Gasteiger partial charge in [-0.05, 0) is 17.9 Å². The molecule has 1 fully saturated rings. The third-order valence-corrected chi connectivity index (χ3v) is 4.20. The van der Waals surface area contributed by atoms with E-state index in [0.717, 1.165) is 26.3 Å². The van der Waals surface area contributed by atoms with E-state index in [1.54, 1.807) is 0 Å². The molecule has 144 valence electrons. The molecule has 2 atom stereocenters. The van der Waals surface area contributed by atoms with Crippen molar-refractivity contribution in [3.8, 4) is 0 Å². The lowest BCUT2D eigenvalue weighted by Gasteiger charge is -2.35. The molecule has 1 aliphatic heterocycles. The molecule has 0 saturated carbocycles. The molecule has 1 saturated heterocycles. The number of hydrogen-bond acceptors (Lipinski definition) is 4. The summed E-state index contributed by atoms with van der Waals surface area (Å²) in [6.07, 6.45) is 0.708. The molecule has 0 aromatic heterocycles. The number of morpholine rings is 1. The fourth-order valence-corrected chi connectivity index (χ4v) is 2.97. The molecule has 5 nitrogen and oxygen atoms in total. The largest absolute Gasteiger partial charge is 0.379 e. The fourth-order valence-electron chi connectivity index (χ4n) is 2.97. The third kappa shape index (κ3) is 7.92. The van der Waals surface area contributed by atoms with Gasteiger partial charge >= 0.3 is 0 Å². The van der Waals surface area contributed by atoms with Crippen LogP contribution in [0.15, 0.2) is 30.3 Å². The van der Waals surface area contributed by atoms with E-state index in [1.807, 2.05) is 18.2 Å². The van der Waals surface area contributed by atoms with Crippen LogP contribution in [0.5, 0.6) is 0 Å². The van der Waals surface area contributed by atoms with Crippen LogP contribution in [0.25, 0.3) is 0 Å². The Hall–Kier alpha value is -0.850. The highest BCUT2D eigenvalue weighted by Gasteiger charge is 2.24. The zero-order chi connectivity index (χ0) is 16.7. The predicted molar refractivity (Wildman–Crippen MR) is 107 cm³/mol. The summed E-state index contributed by atoms with van der Waals surface area (Å²) < 4.78 is 5.44. The summed E-state index contributed by atoms with van der Waals surface area (Å²) in [6, 6.07) is 10.0. The summed E-state index contributed by atoms with van der Waals surface area (Å²) in [5, 5.41) is 3.04. The Bertz CT molecular complexity index is 482. The second-order valence-corrected chi connectivity index (χ2v) is 6.56. The van der Waals surface area contributed by atoms with Crippen molar-refractivity contribution in [3.63, 3.8) is 0 Å². The molecule has 2 rings (SSSR count). The van der Waals surface area contributed by atoms with Gasteiger partial charge in [0.15, 0.2) is 0 Å². The molecule has 0 bridgehead atoms. The standard InChI is InChI=1S/C18H29N3O2.2ClH/c1-14(2)12-16(19)18(22)20-13-17(15-6-4-3-5-7-15)21-8-10-23-11-9-21;;/h3-7,14,16-17H,8-13,19H2,1-2H3,(H,20,22);2*1H/t16-,17?;;/m0../s1. The molecule has 1 aliphatic rings. The maximum atomic E-state index is 12.2. The highest BCUT2D eigenvalue weighted by atomic mass is 35.5. The maximum Gasteiger partial charge on any atom is 0.236 e. The molecule has 7 heteroatoms. The number of amides is 1. The van der Waals surface area contributed by atoms with Crippen LogP contribution in [-0.4, -0.2) is 49.7 Å². The Morgan fingerprint density at radius 1 is 1.20 bits per heavy atom. The summed E-state index contributed by atoms with van der Waals surface area (Å²) in [6.45, 7) is 7.98. The minimum absolute atomic E-state index is 0. The van der Waals surface area contributed by atoms with Gasteiger partial charge in [-0.1, -0.05) is 44.2 Å². The molecular weight excluding hydrogens is 361 g/mol. The van der Waals surface area contributed by atoms with Crippen LogP contribution in [0.1, 0.15) is 31.9 Å². The zero-order valence-corrected chi connectivity index (χ0v) is 16.7.